The quantitative estimate of drug-likeness (QED) is 0.686. The average Bonchev–Trinajstić information content (AvgIpc) is 2.61. The van der Waals surface area contributed by atoms with Crippen molar-refractivity contribution in [1.82, 2.24) is 10.3 Å². The number of hydrogen-bond acceptors (Lipinski definition) is 5. The van der Waals surface area contributed by atoms with E-state index in [4.69, 9.17) is 0 Å². The summed E-state index contributed by atoms with van der Waals surface area (Å²) in [5, 5.41) is 22.0. The normalized spacial score (nSPS) is 16.3. The Kier molecular flexibility index (Phi) is 3.14. The van der Waals surface area contributed by atoms with E-state index in [2.05, 4.69) is 25.5 Å². The number of aliphatic imine (C=N–C) groups is 1. The Morgan fingerprint density at radius 3 is 3.00 bits per heavy atom. The molecule has 0 saturated heterocycles. The Balaban J connectivity index is 1.92. The largest absolute Gasteiger partial charge is 0.493 e. The summed E-state index contributed by atoms with van der Waals surface area (Å²) in [4.78, 5) is 7.15. The topological polar surface area (TPSA) is 85.1 Å². The van der Waals surface area contributed by atoms with Crippen LogP contribution in [0.3, 0.4) is 0 Å². The molecule has 6 nitrogen and oxygen atoms in total. The van der Waals surface area contributed by atoms with E-state index >= 15 is 0 Å². The lowest BCUT2D eigenvalue weighted by Gasteiger charge is -1.98. The molecule has 1 aromatic carbocycles. The fraction of sp³-hybridized carbons (Fsp3) is 0.308. The van der Waals surface area contributed by atoms with Gasteiger partial charge in [-0.2, -0.15) is 0 Å². The number of nitrogens with one attached hydrogen (secondary N) is 2. The predicted molar refractivity (Wildman–Crippen MR) is 74.0 cm³/mol. The predicted octanol–water partition coefficient (Wildman–Crippen LogP) is 2.70. The number of aromatic amines is 1. The molecule has 0 atom stereocenters. The van der Waals surface area contributed by atoms with Crippen molar-refractivity contribution in [1.29, 1.82) is 0 Å². The van der Waals surface area contributed by atoms with Gasteiger partial charge in [0.25, 0.3) is 0 Å². The number of fused-ring (bicyclic) bond motifs is 1. The second kappa shape index (κ2) is 5.09. The van der Waals surface area contributed by atoms with Crippen molar-refractivity contribution >= 4 is 22.5 Å². The summed E-state index contributed by atoms with van der Waals surface area (Å²) >= 11 is 0. The van der Waals surface area contributed by atoms with Crippen molar-refractivity contribution in [2.75, 3.05) is 13.1 Å². The second-order valence-electron chi connectivity index (χ2n) is 4.41. The van der Waals surface area contributed by atoms with E-state index in [1.165, 1.54) is 0 Å². The van der Waals surface area contributed by atoms with Gasteiger partial charge in [-0.3, -0.25) is 4.99 Å². The standard InChI is InChI=1S/C13H15N5O/c19-12-11(9-5-1-2-6-10(9)16-12)17-18-13-14-7-3-4-8-15-13/h1-2,5-6,16,19H,3-4,7-8H2,(H,14,15). The number of aromatic hydroxyl groups is 1. The van der Waals surface area contributed by atoms with Gasteiger partial charge in [-0.1, -0.05) is 18.2 Å². The monoisotopic (exact) mass is 257 g/mol. The van der Waals surface area contributed by atoms with Crippen molar-refractivity contribution < 1.29 is 5.11 Å². The van der Waals surface area contributed by atoms with E-state index in [9.17, 15) is 5.11 Å². The zero-order valence-electron chi connectivity index (χ0n) is 10.4. The zero-order valence-corrected chi connectivity index (χ0v) is 10.4. The highest BCUT2D eigenvalue weighted by Gasteiger charge is 2.10. The van der Waals surface area contributed by atoms with E-state index in [0.717, 1.165) is 36.8 Å². The molecule has 0 spiro atoms. The van der Waals surface area contributed by atoms with Crippen molar-refractivity contribution in [3.63, 3.8) is 0 Å². The zero-order chi connectivity index (χ0) is 13.1. The van der Waals surface area contributed by atoms with Gasteiger partial charge in [-0.25, -0.2) is 0 Å². The van der Waals surface area contributed by atoms with Crippen LogP contribution in [-0.2, 0) is 0 Å². The maximum atomic E-state index is 9.85. The van der Waals surface area contributed by atoms with Gasteiger partial charge in [0.2, 0.25) is 11.8 Å². The molecule has 2 heterocycles. The first-order chi connectivity index (χ1) is 9.34. The minimum atomic E-state index is 0.0270. The lowest BCUT2D eigenvalue weighted by atomic mass is 10.2. The molecule has 0 aliphatic carbocycles. The summed E-state index contributed by atoms with van der Waals surface area (Å²) in [6.07, 6.45) is 2.14. The van der Waals surface area contributed by atoms with E-state index in [-0.39, 0.29) is 5.88 Å². The van der Waals surface area contributed by atoms with Crippen LogP contribution >= 0.6 is 0 Å². The fourth-order valence-corrected chi connectivity index (χ4v) is 2.06. The minimum Gasteiger partial charge on any atom is -0.493 e. The first kappa shape index (κ1) is 11.7. The summed E-state index contributed by atoms with van der Waals surface area (Å²) in [7, 11) is 0. The first-order valence-electron chi connectivity index (χ1n) is 6.34. The lowest BCUT2D eigenvalue weighted by molar-refractivity contribution is 0.459. The number of para-hydroxylation sites is 1. The number of H-pyrrole nitrogens is 1. The molecule has 0 radical (unpaired) electrons. The van der Waals surface area contributed by atoms with Crippen LogP contribution in [0.15, 0.2) is 39.5 Å². The Hall–Kier alpha value is -2.37. The molecule has 0 unspecified atom stereocenters. The van der Waals surface area contributed by atoms with Crippen molar-refractivity contribution in [3.8, 4) is 5.88 Å². The van der Waals surface area contributed by atoms with Crippen LogP contribution in [0.1, 0.15) is 12.8 Å². The first-order valence-corrected chi connectivity index (χ1v) is 6.34. The smallest absolute Gasteiger partial charge is 0.238 e. The molecule has 3 N–H and O–H groups in total. The van der Waals surface area contributed by atoms with Crippen molar-refractivity contribution in [2.24, 2.45) is 15.2 Å². The molecule has 1 aromatic heterocycles. The molecular weight excluding hydrogens is 242 g/mol. The molecule has 0 bridgehead atoms. The molecule has 0 amide bonds. The Labute approximate surface area is 110 Å². The van der Waals surface area contributed by atoms with Crippen LogP contribution in [-0.4, -0.2) is 29.1 Å². The van der Waals surface area contributed by atoms with E-state index in [1.54, 1.807) is 0 Å². The number of nitrogens with zero attached hydrogens (tertiary/aromatic N) is 3. The van der Waals surface area contributed by atoms with Gasteiger partial charge >= 0.3 is 0 Å². The van der Waals surface area contributed by atoms with Crippen LogP contribution in [0, 0.1) is 0 Å². The minimum absolute atomic E-state index is 0.0270. The molecule has 6 heteroatoms. The highest BCUT2D eigenvalue weighted by molar-refractivity contribution is 5.94. The fourth-order valence-electron chi connectivity index (χ4n) is 2.06. The number of guanidine groups is 1. The average molecular weight is 257 g/mol. The van der Waals surface area contributed by atoms with Gasteiger partial charge in [0.05, 0.1) is 5.52 Å². The highest BCUT2D eigenvalue weighted by Crippen LogP contribution is 2.35. The second-order valence-corrected chi connectivity index (χ2v) is 4.41. The van der Waals surface area contributed by atoms with Gasteiger partial charge in [-0.05, 0) is 18.9 Å². The van der Waals surface area contributed by atoms with E-state index in [0.29, 0.717) is 11.6 Å². The third kappa shape index (κ3) is 2.42. The maximum absolute atomic E-state index is 9.85. The SMILES string of the molecule is Oc1[nH]c2ccccc2c1N=NC1=NCCCCN1. The number of rotatable bonds is 1. The summed E-state index contributed by atoms with van der Waals surface area (Å²) in [5.74, 6) is 0.557. The van der Waals surface area contributed by atoms with E-state index in [1.807, 2.05) is 24.3 Å². The molecule has 19 heavy (non-hydrogen) atoms. The van der Waals surface area contributed by atoms with Crippen molar-refractivity contribution in [2.45, 2.75) is 12.8 Å². The molecule has 0 saturated carbocycles. The third-order valence-electron chi connectivity index (χ3n) is 3.03. The molecule has 1 aliphatic rings. The van der Waals surface area contributed by atoms with E-state index < -0.39 is 0 Å². The third-order valence-corrected chi connectivity index (χ3v) is 3.03. The van der Waals surface area contributed by atoms with Gasteiger partial charge in [0.15, 0.2) is 5.69 Å². The molecule has 1 aliphatic heterocycles. The number of hydrogen-bond donors (Lipinski definition) is 3. The number of benzene rings is 1. The summed E-state index contributed by atoms with van der Waals surface area (Å²) < 4.78 is 0. The highest BCUT2D eigenvalue weighted by atomic mass is 16.3. The Morgan fingerprint density at radius 2 is 2.05 bits per heavy atom. The maximum Gasteiger partial charge on any atom is 0.238 e. The van der Waals surface area contributed by atoms with Gasteiger partial charge in [0.1, 0.15) is 0 Å². The van der Waals surface area contributed by atoms with Gasteiger partial charge in [-0.15, -0.1) is 10.2 Å². The number of aromatic nitrogens is 1. The summed E-state index contributed by atoms with van der Waals surface area (Å²) in [6, 6.07) is 7.57. The molecule has 0 fully saturated rings. The van der Waals surface area contributed by atoms with Gasteiger partial charge < -0.3 is 15.4 Å². The lowest BCUT2D eigenvalue weighted by Crippen LogP contribution is -2.20. The van der Waals surface area contributed by atoms with Crippen LogP contribution in [0.25, 0.3) is 10.9 Å². The molecule has 98 valence electrons. The molecular formula is C13H15N5O. The summed E-state index contributed by atoms with van der Waals surface area (Å²) in [6.45, 7) is 1.62. The van der Waals surface area contributed by atoms with Crippen LogP contribution < -0.4 is 5.32 Å². The van der Waals surface area contributed by atoms with Crippen LogP contribution in [0.5, 0.6) is 5.88 Å². The summed E-state index contributed by atoms with van der Waals surface area (Å²) in [5.41, 5.74) is 1.29. The van der Waals surface area contributed by atoms with Crippen LogP contribution in [0.4, 0.5) is 5.69 Å². The van der Waals surface area contributed by atoms with Crippen molar-refractivity contribution in [3.05, 3.63) is 24.3 Å². The Morgan fingerprint density at radius 1 is 1.16 bits per heavy atom. The Bertz CT molecular complexity index is 644. The van der Waals surface area contributed by atoms with Crippen LogP contribution in [0.2, 0.25) is 0 Å². The van der Waals surface area contributed by atoms with Gasteiger partial charge in [0, 0.05) is 18.5 Å². The number of azo groups is 1. The molecule has 2 aromatic rings. The molecule has 3 rings (SSSR count).